The highest BCUT2D eigenvalue weighted by molar-refractivity contribution is 6.30. The number of rotatable bonds is 8. The number of likely N-dealkylation sites (tertiary alicyclic amines) is 1. The minimum Gasteiger partial charge on any atom is -0.493 e. The second kappa shape index (κ2) is 9.90. The fourth-order valence-electron chi connectivity index (χ4n) is 5.49. The Hall–Kier alpha value is -2.45. The van der Waals surface area contributed by atoms with E-state index in [-0.39, 0.29) is 12.3 Å². The van der Waals surface area contributed by atoms with Gasteiger partial charge in [-0.25, -0.2) is 14.4 Å². The molecule has 1 N–H and O–H groups in total. The van der Waals surface area contributed by atoms with Crippen molar-refractivity contribution >= 4 is 23.5 Å². The number of halogens is 2. The van der Waals surface area contributed by atoms with Gasteiger partial charge in [0.1, 0.15) is 11.6 Å². The summed E-state index contributed by atoms with van der Waals surface area (Å²) in [5.41, 5.74) is -0.470. The predicted octanol–water partition coefficient (Wildman–Crippen LogP) is 3.73. The van der Waals surface area contributed by atoms with E-state index < -0.39 is 11.4 Å². The molecule has 2 aliphatic heterocycles. The SMILES string of the molecule is CC1(O)CN(C(=O)Cc2ccc(OCC[C@@H]3C[C@@H]3C3CCN(c4ncc(Cl)cn4)CC3)cc2F)C1. The molecule has 1 aromatic heterocycles. The normalized spacial score (nSPS) is 23.7. The molecule has 0 spiro atoms. The minimum absolute atomic E-state index is 0.00505. The Labute approximate surface area is 210 Å². The number of nitrogens with zero attached hydrogens (tertiary/aromatic N) is 4. The van der Waals surface area contributed by atoms with Crippen LogP contribution in [0.2, 0.25) is 5.02 Å². The molecule has 1 aromatic carbocycles. The summed E-state index contributed by atoms with van der Waals surface area (Å²) in [5, 5.41) is 10.3. The number of hydrogen-bond acceptors (Lipinski definition) is 6. The highest BCUT2D eigenvalue weighted by atomic mass is 35.5. The molecule has 0 bridgehead atoms. The number of amides is 1. The lowest BCUT2D eigenvalue weighted by Crippen LogP contribution is -2.62. The molecule has 3 fully saturated rings. The van der Waals surface area contributed by atoms with E-state index in [0.29, 0.717) is 41.9 Å². The van der Waals surface area contributed by atoms with E-state index >= 15 is 0 Å². The van der Waals surface area contributed by atoms with E-state index in [9.17, 15) is 14.3 Å². The van der Waals surface area contributed by atoms with E-state index in [0.717, 1.165) is 50.1 Å². The summed E-state index contributed by atoms with van der Waals surface area (Å²) in [6.45, 7) is 4.79. The molecule has 1 aliphatic carbocycles. The summed E-state index contributed by atoms with van der Waals surface area (Å²) >= 11 is 5.88. The van der Waals surface area contributed by atoms with Crippen LogP contribution in [0.15, 0.2) is 30.6 Å². The Morgan fingerprint density at radius 1 is 1.26 bits per heavy atom. The van der Waals surface area contributed by atoms with E-state index in [1.165, 1.54) is 12.5 Å². The van der Waals surface area contributed by atoms with Gasteiger partial charge in [-0.05, 0) is 62.0 Å². The second-order valence-corrected chi connectivity index (χ2v) is 10.9. The molecule has 2 saturated heterocycles. The zero-order valence-electron chi connectivity index (χ0n) is 20.0. The summed E-state index contributed by atoms with van der Waals surface area (Å²) in [6.07, 6.45) is 7.79. The number of carbonyl (C=O) groups is 1. The highest BCUT2D eigenvalue weighted by Crippen LogP contribution is 2.49. The average molecular weight is 503 g/mol. The van der Waals surface area contributed by atoms with E-state index in [1.807, 2.05) is 0 Å². The van der Waals surface area contributed by atoms with Crippen molar-refractivity contribution in [2.45, 2.75) is 44.6 Å². The molecule has 1 saturated carbocycles. The summed E-state index contributed by atoms with van der Waals surface area (Å²) < 4.78 is 20.3. The molecule has 3 aliphatic rings. The van der Waals surface area contributed by atoms with Crippen LogP contribution in [-0.2, 0) is 11.2 Å². The van der Waals surface area contributed by atoms with Crippen molar-refractivity contribution in [3.63, 3.8) is 0 Å². The molecule has 9 heteroatoms. The van der Waals surface area contributed by atoms with Crippen molar-refractivity contribution in [1.29, 1.82) is 0 Å². The zero-order chi connectivity index (χ0) is 24.6. The maximum Gasteiger partial charge on any atom is 0.227 e. The number of anilines is 1. The van der Waals surface area contributed by atoms with Crippen LogP contribution in [0, 0.1) is 23.6 Å². The van der Waals surface area contributed by atoms with Gasteiger partial charge in [0.05, 0.1) is 49.1 Å². The fourth-order valence-corrected chi connectivity index (χ4v) is 5.59. The lowest BCUT2D eigenvalue weighted by atomic mass is 9.90. The largest absolute Gasteiger partial charge is 0.493 e. The average Bonchev–Trinajstić information content (AvgIpc) is 3.59. The Balaban J connectivity index is 1.02. The number of benzene rings is 1. The Morgan fingerprint density at radius 2 is 1.97 bits per heavy atom. The van der Waals surface area contributed by atoms with Crippen LogP contribution in [0.5, 0.6) is 5.75 Å². The molecule has 0 radical (unpaired) electrons. The topological polar surface area (TPSA) is 78.8 Å². The van der Waals surface area contributed by atoms with Gasteiger partial charge in [-0.1, -0.05) is 17.7 Å². The Morgan fingerprint density at radius 3 is 2.63 bits per heavy atom. The quantitative estimate of drug-likeness (QED) is 0.592. The third-order valence-corrected chi connectivity index (χ3v) is 7.75. The second-order valence-electron chi connectivity index (χ2n) is 10.5. The number of hydrogen-bond donors (Lipinski definition) is 1. The van der Waals surface area contributed by atoms with Crippen molar-refractivity contribution in [3.05, 3.63) is 47.0 Å². The molecule has 5 rings (SSSR count). The number of piperidine rings is 1. The fraction of sp³-hybridized carbons (Fsp3) is 0.577. The first-order chi connectivity index (χ1) is 16.8. The molecule has 2 atom stereocenters. The number of aliphatic hydroxyl groups is 1. The van der Waals surface area contributed by atoms with Crippen LogP contribution in [-0.4, -0.2) is 64.3 Å². The monoisotopic (exact) mass is 502 g/mol. The molecule has 2 aromatic rings. The molecule has 7 nitrogen and oxygen atoms in total. The molecule has 188 valence electrons. The minimum atomic E-state index is -0.823. The van der Waals surface area contributed by atoms with Gasteiger partial charge in [0.15, 0.2) is 0 Å². The van der Waals surface area contributed by atoms with Gasteiger partial charge in [-0.3, -0.25) is 4.79 Å². The van der Waals surface area contributed by atoms with E-state index in [1.54, 1.807) is 36.4 Å². The maximum absolute atomic E-state index is 14.5. The molecule has 0 unspecified atom stereocenters. The standard InChI is InChI=1S/C26H32ClFN4O3/c1-26(34)15-32(16-26)24(33)11-19-2-3-21(12-23(19)28)35-9-6-18-10-22(18)17-4-7-31(8-5-17)25-29-13-20(27)14-30-25/h2-3,12-14,17-18,22,34H,4-11,15-16H2,1H3/t18-,22-/m1/s1. The third-order valence-electron chi connectivity index (χ3n) is 7.55. The van der Waals surface area contributed by atoms with Crippen LogP contribution >= 0.6 is 11.6 Å². The van der Waals surface area contributed by atoms with Crippen molar-refractivity contribution in [2.75, 3.05) is 37.7 Å². The van der Waals surface area contributed by atoms with Crippen LogP contribution in [0.4, 0.5) is 10.3 Å². The lowest BCUT2D eigenvalue weighted by molar-refractivity contribution is -0.151. The van der Waals surface area contributed by atoms with E-state index in [2.05, 4.69) is 14.9 Å². The predicted molar refractivity (Wildman–Crippen MR) is 131 cm³/mol. The third kappa shape index (κ3) is 5.86. The maximum atomic E-state index is 14.5. The lowest BCUT2D eigenvalue weighted by Gasteiger charge is -2.44. The summed E-state index contributed by atoms with van der Waals surface area (Å²) in [4.78, 5) is 24.7. The zero-order valence-corrected chi connectivity index (χ0v) is 20.8. The Bertz CT molecular complexity index is 1050. The smallest absolute Gasteiger partial charge is 0.227 e. The summed E-state index contributed by atoms with van der Waals surface area (Å²) in [7, 11) is 0. The van der Waals surface area contributed by atoms with Crippen molar-refractivity contribution in [1.82, 2.24) is 14.9 Å². The molecule has 1 amide bonds. The van der Waals surface area contributed by atoms with Gasteiger partial charge in [-0.2, -0.15) is 0 Å². The van der Waals surface area contributed by atoms with Crippen LogP contribution in [0.3, 0.4) is 0 Å². The van der Waals surface area contributed by atoms with Crippen molar-refractivity contribution in [3.8, 4) is 5.75 Å². The number of β-amino-alcohol motifs (C(OH)–C–C–N with tert-alkyl or cyclic N) is 1. The van der Waals surface area contributed by atoms with Gasteiger partial charge in [0, 0.05) is 19.2 Å². The number of aromatic nitrogens is 2. The van der Waals surface area contributed by atoms with Crippen LogP contribution < -0.4 is 9.64 Å². The van der Waals surface area contributed by atoms with Crippen LogP contribution in [0.1, 0.15) is 38.2 Å². The molecular weight excluding hydrogens is 471 g/mol. The van der Waals surface area contributed by atoms with Crippen molar-refractivity contribution in [2.24, 2.45) is 17.8 Å². The summed E-state index contributed by atoms with van der Waals surface area (Å²) in [6, 6.07) is 4.73. The van der Waals surface area contributed by atoms with E-state index in [4.69, 9.17) is 16.3 Å². The summed E-state index contributed by atoms with van der Waals surface area (Å²) in [5.74, 6) is 2.81. The van der Waals surface area contributed by atoms with Gasteiger partial charge in [-0.15, -0.1) is 0 Å². The first-order valence-electron chi connectivity index (χ1n) is 12.4. The number of carbonyl (C=O) groups excluding carboxylic acids is 1. The van der Waals surface area contributed by atoms with Gasteiger partial charge in [0.25, 0.3) is 0 Å². The molecular formula is C26H32ClFN4O3. The highest BCUT2D eigenvalue weighted by Gasteiger charge is 2.43. The molecule has 35 heavy (non-hydrogen) atoms. The first kappa shape index (κ1) is 24.3. The van der Waals surface area contributed by atoms with Crippen molar-refractivity contribution < 1.29 is 19.0 Å². The van der Waals surface area contributed by atoms with Gasteiger partial charge >= 0.3 is 0 Å². The Kier molecular flexibility index (Phi) is 6.86. The van der Waals surface area contributed by atoms with Gasteiger partial charge < -0.3 is 19.6 Å². The first-order valence-corrected chi connectivity index (χ1v) is 12.8. The number of ether oxygens (including phenoxy) is 1. The van der Waals surface area contributed by atoms with Gasteiger partial charge in [0.2, 0.25) is 11.9 Å². The van der Waals surface area contributed by atoms with Crippen LogP contribution in [0.25, 0.3) is 0 Å². The molecule has 3 heterocycles.